The van der Waals surface area contributed by atoms with Gasteiger partial charge in [0.05, 0.1) is 6.61 Å². The van der Waals surface area contributed by atoms with Gasteiger partial charge < -0.3 is 14.5 Å². The van der Waals surface area contributed by atoms with Crippen LogP contribution in [0.15, 0.2) is 168 Å². The van der Waals surface area contributed by atoms with Gasteiger partial charge in [-0.1, -0.05) is 98.8 Å². The monoisotopic (exact) mass is 655 g/mol. The van der Waals surface area contributed by atoms with Crippen molar-refractivity contribution in [3.8, 4) is 6.07 Å². The first-order chi connectivity index (χ1) is 24.3. The van der Waals surface area contributed by atoms with E-state index in [9.17, 15) is 10.1 Å². The molecule has 0 saturated heterocycles. The summed E-state index contributed by atoms with van der Waals surface area (Å²) in [6.45, 7) is 6.31. The van der Waals surface area contributed by atoms with Crippen molar-refractivity contribution in [2.24, 2.45) is 5.41 Å². The number of benzene rings is 5. The van der Waals surface area contributed by atoms with Gasteiger partial charge in [-0.3, -0.25) is 0 Å². The third-order valence-corrected chi connectivity index (χ3v) is 8.67. The molecule has 248 valence electrons. The highest BCUT2D eigenvalue weighted by Crippen LogP contribution is 2.41. The Hall–Kier alpha value is -6.12. The van der Waals surface area contributed by atoms with E-state index in [1.807, 2.05) is 24.3 Å². The number of esters is 1. The van der Waals surface area contributed by atoms with E-state index in [4.69, 9.17) is 4.74 Å². The van der Waals surface area contributed by atoms with E-state index in [0.29, 0.717) is 6.42 Å². The molecule has 5 aromatic rings. The molecule has 0 fully saturated rings. The summed E-state index contributed by atoms with van der Waals surface area (Å²) in [5.74, 6) is -0.555. The van der Waals surface area contributed by atoms with Crippen LogP contribution in [0.3, 0.4) is 0 Å². The van der Waals surface area contributed by atoms with Crippen LogP contribution in [0.4, 0.5) is 34.1 Å². The molecule has 0 bridgehead atoms. The lowest BCUT2D eigenvalue weighted by Gasteiger charge is -2.30. The van der Waals surface area contributed by atoms with Gasteiger partial charge in [-0.25, -0.2) is 4.79 Å². The van der Waals surface area contributed by atoms with E-state index in [-0.39, 0.29) is 17.6 Å². The van der Waals surface area contributed by atoms with E-state index in [1.54, 1.807) is 6.92 Å². The second-order valence-corrected chi connectivity index (χ2v) is 13.1. The van der Waals surface area contributed by atoms with Gasteiger partial charge in [-0.2, -0.15) is 5.26 Å². The van der Waals surface area contributed by atoms with Gasteiger partial charge in [0.1, 0.15) is 11.6 Å². The van der Waals surface area contributed by atoms with Crippen LogP contribution in [0.25, 0.3) is 6.08 Å². The van der Waals surface area contributed by atoms with E-state index in [1.165, 1.54) is 0 Å². The van der Waals surface area contributed by atoms with Crippen molar-refractivity contribution in [1.29, 1.82) is 5.26 Å². The highest BCUT2D eigenvalue weighted by molar-refractivity contribution is 5.94. The third kappa shape index (κ3) is 7.94. The Kier molecular flexibility index (Phi) is 10.4. The maximum Gasteiger partial charge on any atom is 0.349 e. The Morgan fingerprint density at radius 1 is 0.660 bits per heavy atom. The van der Waals surface area contributed by atoms with Crippen LogP contribution in [0, 0.1) is 16.7 Å². The molecule has 0 aromatic heterocycles. The van der Waals surface area contributed by atoms with Crippen molar-refractivity contribution >= 4 is 46.2 Å². The predicted molar refractivity (Wildman–Crippen MR) is 205 cm³/mol. The molecule has 5 heteroatoms. The average Bonchev–Trinajstić information content (AvgIpc) is 3.13. The second-order valence-electron chi connectivity index (χ2n) is 13.1. The van der Waals surface area contributed by atoms with Crippen molar-refractivity contribution in [2.75, 3.05) is 16.4 Å². The summed E-state index contributed by atoms with van der Waals surface area (Å²) >= 11 is 0. The predicted octanol–water partition coefficient (Wildman–Crippen LogP) is 11.8. The first-order valence-electron chi connectivity index (χ1n) is 17.0. The van der Waals surface area contributed by atoms with Gasteiger partial charge in [-0.15, -0.1) is 0 Å². The Morgan fingerprint density at radius 3 is 1.50 bits per heavy atom. The number of ether oxygens (including phenoxy) is 1. The number of rotatable bonds is 10. The fraction of sp³-hybridized carbons (Fsp3) is 0.156. The van der Waals surface area contributed by atoms with Crippen molar-refractivity contribution in [2.45, 2.75) is 33.6 Å². The summed E-state index contributed by atoms with van der Waals surface area (Å²) in [7, 11) is 0. The number of hydrogen-bond donors (Lipinski definition) is 0. The molecule has 0 radical (unpaired) electrons. The molecule has 0 heterocycles. The van der Waals surface area contributed by atoms with Gasteiger partial charge in [0.25, 0.3) is 0 Å². The molecule has 0 aliphatic heterocycles. The molecule has 0 atom stereocenters. The van der Waals surface area contributed by atoms with E-state index >= 15 is 0 Å². The van der Waals surface area contributed by atoms with E-state index < -0.39 is 5.97 Å². The zero-order valence-electron chi connectivity index (χ0n) is 28.8. The summed E-state index contributed by atoms with van der Waals surface area (Å²) in [6, 6.07) is 50.5. The van der Waals surface area contributed by atoms with Crippen LogP contribution in [0.5, 0.6) is 0 Å². The van der Waals surface area contributed by atoms with Crippen LogP contribution in [-0.4, -0.2) is 12.6 Å². The zero-order chi connectivity index (χ0) is 34.9. The van der Waals surface area contributed by atoms with Crippen LogP contribution in [-0.2, 0) is 9.53 Å². The molecule has 0 spiro atoms. The highest BCUT2D eigenvalue weighted by atomic mass is 16.5. The normalized spacial score (nSPS) is 14.7. The Bertz CT molecular complexity index is 2000. The summed E-state index contributed by atoms with van der Waals surface area (Å²) in [5.41, 5.74) is 9.29. The molecule has 0 saturated carbocycles. The van der Waals surface area contributed by atoms with Crippen LogP contribution >= 0.6 is 0 Å². The van der Waals surface area contributed by atoms with Crippen molar-refractivity contribution in [3.05, 3.63) is 174 Å². The highest BCUT2D eigenvalue weighted by Gasteiger charge is 2.28. The number of nitriles is 1. The molecule has 50 heavy (non-hydrogen) atoms. The fourth-order valence-electron chi connectivity index (χ4n) is 6.49. The molecule has 5 aromatic carbocycles. The first-order valence-corrected chi connectivity index (χ1v) is 17.0. The molecular weight excluding hydrogens is 615 g/mol. The fourth-order valence-corrected chi connectivity index (χ4v) is 6.49. The van der Waals surface area contributed by atoms with Crippen molar-refractivity contribution in [3.63, 3.8) is 0 Å². The Morgan fingerprint density at radius 2 is 1.08 bits per heavy atom. The lowest BCUT2D eigenvalue weighted by molar-refractivity contribution is -0.138. The molecule has 0 amide bonds. The van der Waals surface area contributed by atoms with Gasteiger partial charge in [0.15, 0.2) is 0 Å². The Balaban J connectivity index is 1.29. The number of carbonyl (C=O) groups excluding carboxylic acids is 1. The summed E-state index contributed by atoms with van der Waals surface area (Å²) < 4.78 is 5.16. The SMILES string of the molecule is CCOC(=O)/C(C#N)=C1C=C(/C=C/c2ccc(N(c3ccccc3)c3ccc(N(c4ccccc4)c4ccccc4)cc3)cc2)CC(C)(C)C/1. The average molecular weight is 656 g/mol. The molecule has 1 aliphatic carbocycles. The van der Waals surface area contributed by atoms with E-state index in [2.05, 4.69) is 163 Å². The number of nitrogens with zero attached hydrogens (tertiary/aromatic N) is 3. The van der Waals surface area contributed by atoms with Crippen molar-refractivity contribution < 1.29 is 9.53 Å². The lowest BCUT2D eigenvalue weighted by Crippen LogP contribution is -2.19. The molecular formula is C45H41N3O2. The summed E-state index contributed by atoms with van der Waals surface area (Å²) in [6.07, 6.45) is 7.65. The topological polar surface area (TPSA) is 56.6 Å². The summed E-state index contributed by atoms with van der Waals surface area (Å²) in [5, 5.41) is 9.75. The number of hydrogen-bond acceptors (Lipinski definition) is 5. The molecule has 0 unspecified atom stereocenters. The van der Waals surface area contributed by atoms with Gasteiger partial charge in [0, 0.05) is 34.1 Å². The molecule has 0 N–H and O–H groups in total. The Labute approximate surface area is 295 Å². The van der Waals surface area contributed by atoms with Crippen LogP contribution < -0.4 is 9.80 Å². The number of allylic oxidation sites excluding steroid dienone is 4. The van der Waals surface area contributed by atoms with Gasteiger partial charge >= 0.3 is 5.97 Å². The maximum atomic E-state index is 12.5. The van der Waals surface area contributed by atoms with Crippen molar-refractivity contribution in [1.82, 2.24) is 0 Å². The summed E-state index contributed by atoms with van der Waals surface area (Å²) in [4.78, 5) is 17.0. The third-order valence-electron chi connectivity index (χ3n) is 8.67. The smallest absolute Gasteiger partial charge is 0.349 e. The number of carbonyl (C=O) groups is 1. The molecule has 6 rings (SSSR count). The van der Waals surface area contributed by atoms with Crippen LogP contribution in [0.1, 0.15) is 39.2 Å². The largest absolute Gasteiger partial charge is 0.462 e. The maximum absolute atomic E-state index is 12.5. The minimum absolute atomic E-state index is 0.0901. The van der Waals surface area contributed by atoms with Gasteiger partial charge in [-0.05, 0) is 115 Å². The number of anilines is 6. The quantitative estimate of drug-likeness (QED) is 0.0851. The standard InChI is InChI=1S/C45H41N3O2/c1-4-50-44(49)43(33-46)36-30-35(31-45(2,3)32-36)21-20-34-22-24-40(25-23-34)48(39-18-12-7-13-19-39)42-28-26-41(27-29-42)47(37-14-8-5-9-15-37)38-16-10-6-11-17-38/h5-30H,4,31-32H2,1-3H3/b21-20+,43-36-. The minimum Gasteiger partial charge on any atom is -0.462 e. The first kappa shape index (κ1) is 33.8. The molecule has 1 aliphatic rings. The minimum atomic E-state index is -0.555. The second kappa shape index (κ2) is 15.4. The molecule has 5 nitrogen and oxygen atoms in total. The zero-order valence-corrected chi connectivity index (χ0v) is 28.8. The number of para-hydroxylation sites is 3. The van der Waals surface area contributed by atoms with E-state index in [0.717, 1.165) is 57.3 Å². The van der Waals surface area contributed by atoms with Gasteiger partial charge in [0.2, 0.25) is 0 Å². The van der Waals surface area contributed by atoms with Crippen LogP contribution in [0.2, 0.25) is 0 Å². The lowest BCUT2D eigenvalue weighted by atomic mass is 9.74.